The second-order valence-electron chi connectivity index (χ2n) is 8.40. The van der Waals surface area contributed by atoms with Gasteiger partial charge in [0.25, 0.3) is 15.9 Å². The average Bonchev–Trinajstić information content (AvgIpc) is 2.90. The number of hydrogen-bond acceptors (Lipinski definition) is 6. The number of hydrogen-bond donors (Lipinski definition) is 5. The van der Waals surface area contributed by atoms with Crippen LogP contribution in [0, 0.1) is 0 Å². The Hall–Kier alpha value is -3.96. The topological polar surface area (TPSA) is 141 Å². The number of nitrogens with zero attached hydrogens (tertiary/aromatic N) is 1. The van der Waals surface area contributed by atoms with Crippen molar-refractivity contribution in [2.75, 3.05) is 23.1 Å². The van der Waals surface area contributed by atoms with Crippen LogP contribution in [0.2, 0.25) is 0 Å². The smallest absolute Gasteiger partial charge is 0.319 e. The van der Waals surface area contributed by atoms with E-state index in [9.17, 15) is 18.0 Å². The lowest BCUT2D eigenvalue weighted by Crippen LogP contribution is -2.45. The zero-order valence-electron chi connectivity index (χ0n) is 19.5. The molecule has 4 rings (SSSR count). The fourth-order valence-electron chi connectivity index (χ4n) is 3.74. The molecule has 1 aromatic heterocycles. The molecule has 1 unspecified atom stereocenters. The number of anilines is 2. The van der Waals surface area contributed by atoms with E-state index in [-0.39, 0.29) is 22.4 Å². The maximum absolute atomic E-state index is 12.9. The zero-order valence-corrected chi connectivity index (χ0v) is 20.3. The number of rotatable bonds is 8. The molecule has 188 valence electrons. The molecule has 10 nitrogen and oxygen atoms in total. The molecule has 36 heavy (non-hydrogen) atoms. The SMILES string of the molecule is O=C(NCc1cccnc1)Nc1ccc(NS(=O)(=O)c2cccc(C(=O)NC3CCCNC3)c2)cc1. The minimum Gasteiger partial charge on any atom is -0.348 e. The van der Waals surface area contributed by atoms with Crippen molar-refractivity contribution >= 4 is 33.3 Å². The number of urea groups is 1. The van der Waals surface area contributed by atoms with Crippen molar-refractivity contribution in [2.45, 2.75) is 30.3 Å². The zero-order chi connectivity index (χ0) is 25.4. The second-order valence-corrected chi connectivity index (χ2v) is 10.1. The van der Waals surface area contributed by atoms with Crippen LogP contribution >= 0.6 is 0 Å². The van der Waals surface area contributed by atoms with Crippen LogP contribution < -0.4 is 26.0 Å². The number of carbonyl (C=O) groups excluding carboxylic acids is 2. The summed E-state index contributed by atoms with van der Waals surface area (Å²) in [6.45, 7) is 1.96. The average molecular weight is 509 g/mol. The van der Waals surface area contributed by atoms with Crippen LogP contribution in [-0.4, -0.2) is 44.5 Å². The lowest BCUT2D eigenvalue weighted by atomic mass is 10.1. The number of benzene rings is 2. The van der Waals surface area contributed by atoms with Crippen LogP contribution in [0.1, 0.15) is 28.8 Å². The van der Waals surface area contributed by atoms with E-state index in [0.717, 1.165) is 24.9 Å². The van der Waals surface area contributed by atoms with Crippen molar-refractivity contribution in [1.29, 1.82) is 0 Å². The number of nitrogens with one attached hydrogen (secondary N) is 5. The summed E-state index contributed by atoms with van der Waals surface area (Å²) in [5, 5.41) is 11.6. The number of pyridine rings is 1. The largest absolute Gasteiger partial charge is 0.348 e. The van der Waals surface area contributed by atoms with Crippen LogP contribution in [0.4, 0.5) is 16.2 Å². The number of carbonyl (C=O) groups is 2. The highest BCUT2D eigenvalue weighted by molar-refractivity contribution is 7.92. The summed E-state index contributed by atoms with van der Waals surface area (Å²) in [6.07, 6.45) is 5.18. The molecule has 0 spiro atoms. The van der Waals surface area contributed by atoms with E-state index < -0.39 is 16.1 Å². The van der Waals surface area contributed by atoms with E-state index in [1.54, 1.807) is 54.9 Å². The molecule has 1 saturated heterocycles. The van der Waals surface area contributed by atoms with Gasteiger partial charge in [-0.25, -0.2) is 13.2 Å². The molecule has 0 bridgehead atoms. The van der Waals surface area contributed by atoms with Gasteiger partial charge in [-0.3, -0.25) is 14.5 Å². The third-order valence-electron chi connectivity index (χ3n) is 5.61. The van der Waals surface area contributed by atoms with Gasteiger partial charge in [0.2, 0.25) is 0 Å². The third-order valence-corrected chi connectivity index (χ3v) is 6.99. The molecule has 3 amide bonds. The van der Waals surface area contributed by atoms with E-state index in [2.05, 4.69) is 31.0 Å². The van der Waals surface area contributed by atoms with Crippen LogP contribution in [-0.2, 0) is 16.6 Å². The predicted molar refractivity (Wildman–Crippen MR) is 137 cm³/mol. The summed E-state index contributed by atoms with van der Waals surface area (Å²) in [4.78, 5) is 28.7. The van der Waals surface area contributed by atoms with E-state index in [0.29, 0.717) is 24.5 Å². The Kier molecular flexibility index (Phi) is 8.13. The van der Waals surface area contributed by atoms with Gasteiger partial charge in [-0.2, -0.15) is 0 Å². The normalized spacial score (nSPS) is 15.5. The molecule has 0 radical (unpaired) electrons. The molecular formula is C25H28N6O4S. The molecule has 3 aromatic rings. The molecule has 5 N–H and O–H groups in total. The Bertz CT molecular complexity index is 1290. The summed E-state index contributed by atoms with van der Waals surface area (Å²) < 4.78 is 28.3. The Labute approximate surface area is 210 Å². The second kappa shape index (κ2) is 11.6. The quantitative estimate of drug-likeness (QED) is 0.317. The highest BCUT2D eigenvalue weighted by Gasteiger charge is 2.19. The molecule has 1 fully saturated rings. The van der Waals surface area contributed by atoms with Gasteiger partial charge in [-0.05, 0) is 73.5 Å². The molecule has 1 aliphatic heterocycles. The monoisotopic (exact) mass is 508 g/mol. The first-order chi connectivity index (χ1) is 17.4. The lowest BCUT2D eigenvalue weighted by Gasteiger charge is -2.23. The Morgan fingerprint density at radius 2 is 1.83 bits per heavy atom. The minimum absolute atomic E-state index is 0.0195. The molecule has 0 saturated carbocycles. The Morgan fingerprint density at radius 3 is 2.56 bits per heavy atom. The fraction of sp³-hybridized carbons (Fsp3) is 0.240. The van der Waals surface area contributed by atoms with Gasteiger partial charge < -0.3 is 21.3 Å². The van der Waals surface area contributed by atoms with Crippen molar-refractivity contribution in [2.24, 2.45) is 0 Å². The number of sulfonamides is 1. The highest BCUT2D eigenvalue weighted by atomic mass is 32.2. The molecule has 0 aliphatic carbocycles. The number of amides is 3. The first-order valence-electron chi connectivity index (χ1n) is 11.6. The lowest BCUT2D eigenvalue weighted by molar-refractivity contribution is 0.0930. The van der Waals surface area contributed by atoms with E-state index in [1.165, 1.54) is 12.1 Å². The highest BCUT2D eigenvalue weighted by Crippen LogP contribution is 2.19. The summed E-state index contributed by atoms with van der Waals surface area (Å²) in [7, 11) is -3.93. The molecule has 1 aliphatic rings. The van der Waals surface area contributed by atoms with Gasteiger partial charge >= 0.3 is 6.03 Å². The number of aromatic nitrogens is 1. The van der Waals surface area contributed by atoms with E-state index in [1.807, 2.05) is 6.07 Å². The van der Waals surface area contributed by atoms with Crippen LogP contribution in [0.25, 0.3) is 0 Å². The van der Waals surface area contributed by atoms with Crippen molar-refractivity contribution < 1.29 is 18.0 Å². The van der Waals surface area contributed by atoms with Gasteiger partial charge in [-0.1, -0.05) is 12.1 Å². The maximum atomic E-state index is 12.9. The van der Waals surface area contributed by atoms with Crippen molar-refractivity contribution in [3.63, 3.8) is 0 Å². The fourth-order valence-corrected chi connectivity index (χ4v) is 4.85. The van der Waals surface area contributed by atoms with Gasteiger partial charge in [0, 0.05) is 48.5 Å². The van der Waals surface area contributed by atoms with Crippen LogP contribution in [0.5, 0.6) is 0 Å². The summed E-state index contributed by atoms with van der Waals surface area (Å²) in [5.74, 6) is -0.307. The maximum Gasteiger partial charge on any atom is 0.319 e. The standard InChI is InChI=1S/C25H28N6O4S/c32-24(29-22-6-3-13-27-17-22)19-5-1-7-23(14-19)36(34,35)31-21-10-8-20(9-11-21)30-25(33)28-16-18-4-2-12-26-15-18/h1-2,4-5,7-12,14-15,22,27,31H,3,6,13,16-17H2,(H,29,32)(H2,28,30,33). The summed E-state index contributed by atoms with van der Waals surface area (Å²) in [6, 6.07) is 15.4. The first-order valence-corrected chi connectivity index (χ1v) is 13.1. The minimum atomic E-state index is -3.93. The molecule has 11 heteroatoms. The number of piperidine rings is 1. The van der Waals surface area contributed by atoms with Crippen molar-refractivity contribution in [3.05, 3.63) is 84.2 Å². The Balaban J connectivity index is 1.34. The Morgan fingerprint density at radius 1 is 1.03 bits per heavy atom. The molecular weight excluding hydrogens is 480 g/mol. The predicted octanol–water partition coefficient (Wildman–Crippen LogP) is 2.69. The first kappa shape index (κ1) is 25.1. The van der Waals surface area contributed by atoms with Gasteiger partial charge in [0.05, 0.1) is 4.90 Å². The van der Waals surface area contributed by atoms with Crippen molar-refractivity contribution in [1.82, 2.24) is 20.9 Å². The van der Waals surface area contributed by atoms with Crippen LogP contribution in [0.3, 0.4) is 0 Å². The molecule has 1 atom stereocenters. The summed E-state index contributed by atoms with van der Waals surface area (Å²) >= 11 is 0. The van der Waals surface area contributed by atoms with Gasteiger partial charge in [-0.15, -0.1) is 0 Å². The van der Waals surface area contributed by atoms with Gasteiger partial charge in [0.1, 0.15) is 0 Å². The molecule has 2 aromatic carbocycles. The molecule has 2 heterocycles. The van der Waals surface area contributed by atoms with Gasteiger partial charge in [0.15, 0.2) is 0 Å². The van der Waals surface area contributed by atoms with E-state index in [4.69, 9.17) is 0 Å². The third kappa shape index (κ3) is 7.03. The van der Waals surface area contributed by atoms with Crippen LogP contribution in [0.15, 0.2) is 78.0 Å². The summed E-state index contributed by atoms with van der Waals surface area (Å²) in [5.41, 5.74) is 1.96. The van der Waals surface area contributed by atoms with Crippen molar-refractivity contribution in [3.8, 4) is 0 Å². The van der Waals surface area contributed by atoms with E-state index >= 15 is 0 Å².